The summed E-state index contributed by atoms with van der Waals surface area (Å²) in [7, 11) is 1.22. The third-order valence-electron chi connectivity index (χ3n) is 2.66. The number of rotatable bonds is 2. The highest BCUT2D eigenvalue weighted by atomic mass is 19.4. The highest BCUT2D eigenvalue weighted by Crippen LogP contribution is 2.24. The lowest BCUT2D eigenvalue weighted by atomic mass is 9.98. The number of nitrogens with zero attached hydrogens (tertiary/aromatic N) is 1. The van der Waals surface area contributed by atoms with Crippen molar-refractivity contribution in [3.8, 4) is 0 Å². The molecule has 17 heavy (non-hydrogen) atoms. The molecule has 1 aliphatic rings. The van der Waals surface area contributed by atoms with Crippen LogP contribution in [0.15, 0.2) is 0 Å². The molecule has 1 aliphatic heterocycles. The highest BCUT2D eigenvalue weighted by Gasteiger charge is 2.36. The van der Waals surface area contributed by atoms with Gasteiger partial charge in [0.15, 0.2) is 0 Å². The van der Waals surface area contributed by atoms with Crippen molar-refractivity contribution in [2.75, 3.05) is 20.2 Å². The number of esters is 1. The van der Waals surface area contributed by atoms with Crippen molar-refractivity contribution in [1.29, 1.82) is 0 Å². The van der Waals surface area contributed by atoms with Crippen LogP contribution in [0, 0.1) is 5.92 Å². The van der Waals surface area contributed by atoms with Gasteiger partial charge in [-0.05, 0) is 12.8 Å². The van der Waals surface area contributed by atoms with Gasteiger partial charge < -0.3 is 9.64 Å². The summed E-state index contributed by atoms with van der Waals surface area (Å²) < 4.78 is 40.7. The number of halogens is 3. The maximum atomic E-state index is 12.0. The Balaban J connectivity index is 2.55. The maximum Gasteiger partial charge on any atom is 0.397 e. The molecule has 0 aromatic carbocycles. The SMILES string of the molecule is COC(=O)[C@H]1CCCN(C(=O)CC(F)(F)F)C1. The average Bonchev–Trinajstić information content (AvgIpc) is 2.26. The summed E-state index contributed by atoms with van der Waals surface area (Å²) in [6.45, 7) is 0.282. The van der Waals surface area contributed by atoms with Crippen LogP contribution in [0.25, 0.3) is 0 Å². The second-order valence-corrected chi connectivity index (χ2v) is 3.99. The number of methoxy groups -OCH3 is 1. The van der Waals surface area contributed by atoms with Crippen molar-refractivity contribution in [2.24, 2.45) is 5.92 Å². The van der Waals surface area contributed by atoms with Gasteiger partial charge in [-0.15, -0.1) is 0 Å². The first-order valence-electron chi connectivity index (χ1n) is 5.26. The predicted octanol–water partition coefficient (Wildman–Crippen LogP) is 1.35. The van der Waals surface area contributed by atoms with Crippen molar-refractivity contribution in [3.05, 3.63) is 0 Å². The van der Waals surface area contributed by atoms with Crippen LogP contribution in [0.1, 0.15) is 19.3 Å². The quantitative estimate of drug-likeness (QED) is 0.698. The molecule has 0 radical (unpaired) electrons. The Morgan fingerprint density at radius 1 is 1.41 bits per heavy atom. The molecule has 1 rings (SSSR count). The first-order chi connectivity index (χ1) is 7.83. The monoisotopic (exact) mass is 253 g/mol. The van der Waals surface area contributed by atoms with Gasteiger partial charge in [-0.2, -0.15) is 13.2 Å². The Hall–Kier alpha value is -1.27. The van der Waals surface area contributed by atoms with Crippen LogP contribution in [-0.4, -0.2) is 43.2 Å². The lowest BCUT2D eigenvalue weighted by Crippen LogP contribution is -2.43. The molecule has 0 aromatic rings. The summed E-state index contributed by atoms with van der Waals surface area (Å²) in [6.07, 6.45) is -4.91. The van der Waals surface area contributed by atoms with E-state index in [0.717, 1.165) is 4.90 Å². The average molecular weight is 253 g/mol. The van der Waals surface area contributed by atoms with Gasteiger partial charge in [-0.3, -0.25) is 9.59 Å². The molecule has 1 heterocycles. The van der Waals surface area contributed by atoms with Gasteiger partial charge in [0.1, 0.15) is 6.42 Å². The van der Waals surface area contributed by atoms with Gasteiger partial charge in [-0.25, -0.2) is 0 Å². The van der Waals surface area contributed by atoms with Crippen molar-refractivity contribution < 1.29 is 27.5 Å². The molecule has 1 atom stereocenters. The van der Waals surface area contributed by atoms with Crippen LogP contribution in [0.4, 0.5) is 13.2 Å². The number of likely N-dealkylation sites (tertiary alicyclic amines) is 1. The molecule has 0 bridgehead atoms. The molecule has 0 saturated carbocycles. The number of alkyl halides is 3. The van der Waals surface area contributed by atoms with E-state index in [4.69, 9.17) is 0 Å². The number of hydrogen-bond donors (Lipinski definition) is 0. The summed E-state index contributed by atoms with van der Waals surface area (Å²) in [5, 5.41) is 0. The fourth-order valence-electron chi connectivity index (χ4n) is 1.85. The van der Waals surface area contributed by atoms with E-state index in [2.05, 4.69) is 4.74 Å². The predicted molar refractivity (Wildman–Crippen MR) is 52.0 cm³/mol. The highest BCUT2D eigenvalue weighted by molar-refractivity contribution is 5.79. The van der Waals surface area contributed by atoms with E-state index in [9.17, 15) is 22.8 Å². The van der Waals surface area contributed by atoms with Gasteiger partial charge in [0.2, 0.25) is 5.91 Å². The molecule has 1 saturated heterocycles. The fourth-order valence-corrected chi connectivity index (χ4v) is 1.85. The number of hydrogen-bond acceptors (Lipinski definition) is 3. The Bertz CT molecular complexity index is 304. The minimum absolute atomic E-state index is 0.0155. The van der Waals surface area contributed by atoms with E-state index in [1.807, 2.05) is 0 Å². The van der Waals surface area contributed by atoms with Gasteiger partial charge in [0.05, 0.1) is 13.0 Å². The van der Waals surface area contributed by atoms with Crippen LogP contribution in [-0.2, 0) is 14.3 Å². The minimum Gasteiger partial charge on any atom is -0.469 e. The van der Waals surface area contributed by atoms with Crippen LogP contribution in [0.2, 0.25) is 0 Å². The molecule has 98 valence electrons. The third kappa shape index (κ3) is 4.24. The number of carbonyl (C=O) groups excluding carboxylic acids is 2. The van der Waals surface area contributed by atoms with Gasteiger partial charge >= 0.3 is 12.1 Å². The lowest BCUT2D eigenvalue weighted by molar-refractivity contribution is -0.163. The Morgan fingerprint density at radius 2 is 2.06 bits per heavy atom. The summed E-state index contributed by atoms with van der Waals surface area (Å²) in [5.74, 6) is -1.97. The summed E-state index contributed by atoms with van der Waals surface area (Å²) in [5.41, 5.74) is 0. The number of carbonyl (C=O) groups is 2. The van der Waals surface area contributed by atoms with Crippen molar-refractivity contribution in [3.63, 3.8) is 0 Å². The standard InChI is InChI=1S/C10H14F3NO3/c1-17-9(16)7-3-2-4-14(6-7)8(15)5-10(11,12)13/h7H,2-6H2,1H3/t7-/m0/s1. The molecule has 1 amide bonds. The lowest BCUT2D eigenvalue weighted by Gasteiger charge is -2.31. The molecule has 0 aromatic heterocycles. The molecular weight excluding hydrogens is 239 g/mol. The second kappa shape index (κ2) is 5.37. The first kappa shape index (κ1) is 13.8. The smallest absolute Gasteiger partial charge is 0.397 e. The number of ether oxygens (including phenoxy) is 1. The van der Waals surface area contributed by atoms with Crippen molar-refractivity contribution >= 4 is 11.9 Å². The third-order valence-corrected chi connectivity index (χ3v) is 2.66. The summed E-state index contributed by atoms with van der Waals surface area (Å²) >= 11 is 0. The van der Waals surface area contributed by atoms with Crippen LogP contribution >= 0.6 is 0 Å². The fraction of sp³-hybridized carbons (Fsp3) is 0.800. The van der Waals surface area contributed by atoms with E-state index in [1.165, 1.54) is 7.11 Å². The van der Waals surface area contributed by atoms with E-state index in [1.54, 1.807) is 0 Å². The van der Waals surface area contributed by atoms with E-state index in [0.29, 0.717) is 12.8 Å². The largest absolute Gasteiger partial charge is 0.469 e. The Morgan fingerprint density at radius 3 is 2.59 bits per heavy atom. The topological polar surface area (TPSA) is 46.6 Å². The Labute approximate surface area is 96.7 Å². The molecule has 0 spiro atoms. The van der Waals surface area contributed by atoms with Crippen molar-refractivity contribution in [2.45, 2.75) is 25.4 Å². The number of amides is 1. The van der Waals surface area contributed by atoms with Crippen LogP contribution in [0.3, 0.4) is 0 Å². The van der Waals surface area contributed by atoms with E-state index >= 15 is 0 Å². The van der Waals surface area contributed by atoms with E-state index < -0.39 is 30.4 Å². The first-order valence-corrected chi connectivity index (χ1v) is 5.26. The van der Waals surface area contributed by atoms with Gasteiger partial charge in [0, 0.05) is 13.1 Å². The summed E-state index contributed by atoms with van der Waals surface area (Å²) in [4.78, 5) is 23.6. The number of piperidine rings is 1. The van der Waals surface area contributed by atoms with Crippen LogP contribution in [0.5, 0.6) is 0 Å². The van der Waals surface area contributed by atoms with Crippen LogP contribution < -0.4 is 0 Å². The zero-order valence-corrected chi connectivity index (χ0v) is 9.42. The molecule has 0 N–H and O–H groups in total. The maximum absolute atomic E-state index is 12.0. The molecule has 0 unspecified atom stereocenters. The second-order valence-electron chi connectivity index (χ2n) is 3.99. The summed E-state index contributed by atoms with van der Waals surface area (Å²) in [6, 6.07) is 0. The van der Waals surface area contributed by atoms with Gasteiger partial charge in [-0.1, -0.05) is 0 Å². The normalized spacial score (nSPS) is 21.2. The molecule has 0 aliphatic carbocycles. The minimum atomic E-state index is -4.50. The zero-order valence-electron chi connectivity index (χ0n) is 9.42. The molecular formula is C10H14F3NO3. The Kier molecular flexibility index (Phi) is 4.36. The van der Waals surface area contributed by atoms with Crippen molar-refractivity contribution in [1.82, 2.24) is 4.90 Å². The molecule has 1 fully saturated rings. The zero-order chi connectivity index (χ0) is 13.1. The van der Waals surface area contributed by atoms with E-state index in [-0.39, 0.29) is 13.1 Å². The molecule has 4 nitrogen and oxygen atoms in total. The van der Waals surface area contributed by atoms with Gasteiger partial charge in [0.25, 0.3) is 0 Å². The molecule has 7 heteroatoms.